The van der Waals surface area contributed by atoms with Crippen LogP contribution in [0.1, 0.15) is 11.1 Å². The molecule has 4 heteroatoms. The quantitative estimate of drug-likeness (QED) is 0.926. The molecule has 0 radical (unpaired) electrons. The summed E-state index contributed by atoms with van der Waals surface area (Å²) in [4.78, 5) is 0. The lowest BCUT2D eigenvalue weighted by Crippen LogP contribution is -2.30. The van der Waals surface area contributed by atoms with Crippen molar-refractivity contribution in [3.8, 4) is 5.75 Å². The molecule has 20 heavy (non-hydrogen) atoms. The van der Waals surface area contributed by atoms with E-state index < -0.39 is 11.6 Å². The number of hydrogen-bond donors (Lipinski definition) is 1. The normalized spacial score (nSPS) is 16.8. The standard InChI is InChI=1S/C16H15F2NO/c17-14-6-3-5-12(16(14)18)9-19-10-13-8-11-4-1-2-7-15(11)20-13/h1-7,13,19H,8-10H2. The Morgan fingerprint density at radius 3 is 2.80 bits per heavy atom. The van der Waals surface area contributed by atoms with E-state index in [1.807, 2.05) is 24.3 Å². The van der Waals surface area contributed by atoms with Gasteiger partial charge in [0.2, 0.25) is 0 Å². The summed E-state index contributed by atoms with van der Waals surface area (Å²) in [5.41, 5.74) is 1.52. The maximum absolute atomic E-state index is 13.5. The van der Waals surface area contributed by atoms with E-state index in [9.17, 15) is 8.78 Å². The van der Waals surface area contributed by atoms with E-state index in [1.165, 1.54) is 11.6 Å². The van der Waals surface area contributed by atoms with Gasteiger partial charge in [0.05, 0.1) is 0 Å². The minimum atomic E-state index is -0.811. The minimum absolute atomic E-state index is 0.0454. The van der Waals surface area contributed by atoms with Gasteiger partial charge in [-0.1, -0.05) is 30.3 Å². The van der Waals surface area contributed by atoms with Crippen molar-refractivity contribution in [1.82, 2.24) is 5.32 Å². The van der Waals surface area contributed by atoms with Crippen LogP contribution >= 0.6 is 0 Å². The summed E-state index contributed by atoms with van der Waals surface area (Å²) in [6, 6.07) is 12.1. The predicted octanol–water partition coefficient (Wildman–Crippen LogP) is 3.06. The van der Waals surface area contributed by atoms with E-state index in [-0.39, 0.29) is 6.10 Å². The Bertz CT molecular complexity index is 590. The highest BCUT2D eigenvalue weighted by molar-refractivity contribution is 5.37. The van der Waals surface area contributed by atoms with Crippen LogP contribution in [-0.4, -0.2) is 12.6 Å². The number of benzene rings is 2. The van der Waals surface area contributed by atoms with Crippen molar-refractivity contribution in [3.63, 3.8) is 0 Å². The third-order valence-electron chi connectivity index (χ3n) is 3.43. The number of fused-ring (bicyclic) bond motifs is 1. The molecule has 0 aromatic heterocycles. The van der Waals surface area contributed by atoms with Crippen molar-refractivity contribution in [2.24, 2.45) is 0 Å². The highest BCUT2D eigenvalue weighted by Gasteiger charge is 2.21. The average molecular weight is 275 g/mol. The molecule has 1 atom stereocenters. The molecule has 1 unspecified atom stereocenters. The van der Waals surface area contributed by atoms with Crippen LogP contribution in [0.3, 0.4) is 0 Å². The van der Waals surface area contributed by atoms with Gasteiger partial charge in [-0.3, -0.25) is 0 Å². The summed E-state index contributed by atoms with van der Waals surface area (Å²) in [5, 5.41) is 3.11. The molecule has 2 aromatic carbocycles. The van der Waals surface area contributed by atoms with Gasteiger partial charge in [-0.05, 0) is 17.7 Å². The fourth-order valence-electron chi connectivity index (χ4n) is 2.42. The largest absolute Gasteiger partial charge is 0.488 e. The Morgan fingerprint density at radius 2 is 1.95 bits per heavy atom. The van der Waals surface area contributed by atoms with Crippen molar-refractivity contribution >= 4 is 0 Å². The van der Waals surface area contributed by atoms with Crippen LogP contribution in [-0.2, 0) is 13.0 Å². The minimum Gasteiger partial charge on any atom is -0.488 e. The average Bonchev–Trinajstić information content (AvgIpc) is 2.86. The fourth-order valence-corrected chi connectivity index (χ4v) is 2.42. The lowest BCUT2D eigenvalue weighted by atomic mass is 10.1. The summed E-state index contributed by atoms with van der Waals surface area (Å²) in [6.07, 6.45) is 0.887. The molecule has 0 bridgehead atoms. The van der Waals surface area contributed by atoms with Gasteiger partial charge in [0, 0.05) is 25.1 Å². The Hall–Kier alpha value is -1.94. The van der Waals surface area contributed by atoms with Crippen LogP contribution in [0, 0.1) is 11.6 Å². The van der Waals surface area contributed by atoms with E-state index in [0.29, 0.717) is 18.7 Å². The van der Waals surface area contributed by atoms with Crippen molar-refractivity contribution in [1.29, 1.82) is 0 Å². The predicted molar refractivity (Wildman–Crippen MR) is 72.6 cm³/mol. The molecule has 3 rings (SSSR count). The van der Waals surface area contributed by atoms with E-state index in [0.717, 1.165) is 18.2 Å². The number of nitrogens with one attached hydrogen (secondary N) is 1. The van der Waals surface area contributed by atoms with Crippen LogP contribution in [0.4, 0.5) is 8.78 Å². The Morgan fingerprint density at radius 1 is 1.10 bits per heavy atom. The zero-order valence-corrected chi connectivity index (χ0v) is 10.9. The Kier molecular flexibility index (Phi) is 3.65. The number of halogens is 2. The Balaban J connectivity index is 1.53. The Labute approximate surface area is 116 Å². The molecule has 0 saturated heterocycles. The van der Waals surface area contributed by atoms with E-state index in [4.69, 9.17) is 4.74 Å². The maximum Gasteiger partial charge on any atom is 0.163 e. The molecule has 0 saturated carbocycles. The monoisotopic (exact) mass is 275 g/mol. The van der Waals surface area contributed by atoms with Gasteiger partial charge < -0.3 is 10.1 Å². The third-order valence-corrected chi connectivity index (χ3v) is 3.43. The molecule has 2 nitrogen and oxygen atoms in total. The summed E-state index contributed by atoms with van der Waals surface area (Å²) < 4.78 is 32.3. The number of ether oxygens (including phenoxy) is 1. The van der Waals surface area contributed by atoms with Gasteiger partial charge in [0.25, 0.3) is 0 Å². The van der Waals surface area contributed by atoms with Crippen LogP contribution in [0.25, 0.3) is 0 Å². The van der Waals surface area contributed by atoms with Crippen molar-refractivity contribution in [3.05, 3.63) is 65.2 Å². The van der Waals surface area contributed by atoms with Gasteiger partial charge >= 0.3 is 0 Å². The first kappa shape index (κ1) is 13.1. The van der Waals surface area contributed by atoms with Gasteiger partial charge in [-0.25, -0.2) is 8.78 Å². The topological polar surface area (TPSA) is 21.3 Å². The van der Waals surface area contributed by atoms with Gasteiger partial charge in [-0.15, -0.1) is 0 Å². The second-order valence-electron chi connectivity index (χ2n) is 4.90. The van der Waals surface area contributed by atoms with Crippen molar-refractivity contribution in [2.45, 2.75) is 19.1 Å². The molecule has 1 aliphatic heterocycles. The smallest absolute Gasteiger partial charge is 0.163 e. The number of hydrogen-bond acceptors (Lipinski definition) is 2. The van der Waals surface area contributed by atoms with Gasteiger partial charge in [0.1, 0.15) is 11.9 Å². The third kappa shape index (κ3) is 2.65. The molecular formula is C16H15F2NO. The fraction of sp³-hybridized carbons (Fsp3) is 0.250. The maximum atomic E-state index is 13.5. The molecular weight excluding hydrogens is 260 g/mol. The SMILES string of the molecule is Fc1cccc(CNCC2Cc3ccccc3O2)c1F. The van der Waals surface area contributed by atoms with Crippen molar-refractivity contribution < 1.29 is 13.5 Å². The second kappa shape index (κ2) is 5.59. The molecule has 0 aliphatic carbocycles. The van der Waals surface area contributed by atoms with Crippen LogP contribution in [0.15, 0.2) is 42.5 Å². The van der Waals surface area contributed by atoms with E-state index >= 15 is 0 Å². The van der Waals surface area contributed by atoms with Crippen LogP contribution in [0.2, 0.25) is 0 Å². The number of rotatable bonds is 4. The summed E-state index contributed by atoms with van der Waals surface area (Å²) in [5.74, 6) is -0.680. The highest BCUT2D eigenvalue weighted by Crippen LogP contribution is 2.27. The zero-order valence-electron chi connectivity index (χ0n) is 10.9. The molecule has 0 amide bonds. The molecule has 1 heterocycles. The zero-order chi connectivity index (χ0) is 13.9. The molecule has 1 N–H and O–H groups in total. The molecule has 0 fully saturated rings. The first-order chi connectivity index (χ1) is 9.74. The van der Waals surface area contributed by atoms with Crippen LogP contribution in [0.5, 0.6) is 5.75 Å². The summed E-state index contributed by atoms with van der Waals surface area (Å²) >= 11 is 0. The number of para-hydroxylation sites is 1. The first-order valence-corrected chi connectivity index (χ1v) is 6.62. The van der Waals surface area contributed by atoms with E-state index in [1.54, 1.807) is 6.07 Å². The molecule has 0 spiro atoms. The van der Waals surface area contributed by atoms with Gasteiger partial charge in [0.15, 0.2) is 11.6 Å². The lowest BCUT2D eigenvalue weighted by molar-refractivity contribution is 0.227. The van der Waals surface area contributed by atoms with Crippen molar-refractivity contribution in [2.75, 3.05) is 6.54 Å². The lowest BCUT2D eigenvalue weighted by Gasteiger charge is -2.12. The summed E-state index contributed by atoms with van der Waals surface area (Å²) in [7, 11) is 0. The van der Waals surface area contributed by atoms with Gasteiger partial charge in [-0.2, -0.15) is 0 Å². The molecule has 1 aliphatic rings. The molecule has 104 valence electrons. The second-order valence-corrected chi connectivity index (χ2v) is 4.90. The van der Waals surface area contributed by atoms with Crippen LogP contribution < -0.4 is 10.1 Å². The highest BCUT2D eigenvalue weighted by atomic mass is 19.2. The van der Waals surface area contributed by atoms with E-state index in [2.05, 4.69) is 5.32 Å². The first-order valence-electron chi connectivity index (χ1n) is 6.62. The molecule has 2 aromatic rings. The summed E-state index contributed by atoms with van der Waals surface area (Å²) in [6.45, 7) is 0.893.